The third-order valence-corrected chi connectivity index (χ3v) is 5.06. The Labute approximate surface area is 119 Å². The van der Waals surface area contributed by atoms with Crippen molar-refractivity contribution >= 4 is 5.69 Å². The van der Waals surface area contributed by atoms with Crippen LogP contribution in [0.15, 0.2) is 24.3 Å². The molecule has 2 fully saturated rings. The van der Waals surface area contributed by atoms with Crippen LogP contribution in [0.4, 0.5) is 5.69 Å². The first-order valence-electron chi connectivity index (χ1n) is 7.29. The smallest absolute Gasteiger partial charge is 0.274 e. The summed E-state index contributed by atoms with van der Waals surface area (Å²) in [5.41, 5.74) is 1.07. The molecule has 0 aliphatic carbocycles. The Morgan fingerprint density at radius 2 is 2.15 bits per heavy atom. The molecular weight excluding hydrogens is 254 g/mol. The van der Waals surface area contributed by atoms with Crippen LogP contribution >= 0.6 is 0 Å². The standard InChI is InChI=1S/C15H21N3O2/c1-10(13-5-3-4-6-15(13)18(19)20)17-9-12-7-16-8-14(12)11(17)2/h3-6,10-12,14,16H,7-9H2,1-2H3. The number of fused-ring (bicyclic) bond motifs is 1. The number of nitro groups is 1. The summed E-state index contributed by atoms with van der Waals surface area (Å²) in [6.45, 7) is 7.53. The van der Waals surface area contributed by atoms with E-state index in [1.165, 1.54) is 0 Å². The first-order chi connectivity index (χ1) is 9.59. The van der Waals surface area contributed by atoms with E-state index < -0.39 is 0 Å². The molecule has 0 bridgehead atoms. The maximum Gasteiger partial charge on any atom is 0.274 e. The van der Waals surface area contributed by atoms with Gasteiger partial charge in [0.05, 0.1) is 4.92 Å². The zero-order valence-electron chi connectivity index (χ0n) is 12.0. The summed E-state index contributed by atoms with van der Waals surface area (Å²) in [7, 11) is 0. The SMILES string of the molecule is CC(c1ccccc1[N+](=O)[O-])N1CC2CNCC2C1C. The maximum atomic E-state index is 11.2. The molecule has 2 heterocycles. The zero-order chi connectivity index (χ0) is 14.3. The summed E-state index contributed by atoms with van der Waals surface area (Å²) in [6.07, 6.45) is 0. The Hall–Kier alpha value is -1.46. The number of benzene rings is 1. The van der Waals surface area contributed by atoms with Crippen molar-refractivity contribution in [3.05, 3.63) is 39.9 Å². The molecule has 0 saturated carbocycles. The van der Waals surface area contributed by atoms with Crippen LogP contribution in [0.1, 0.15) is 25.5 Å². The van der Waals surface area contributed by atoms with E-state index in [0.29, 0.717) is 17.9 Å². The van der Waals surface area contributed by atoms with Gasteiger partial charge in [-0.1, -0.05) is 18.2 Å². The fourth-order valence-corrected chi connectivity index (χ4v) is 3.90. The lowest BCUT2D eigenvalue weighted by Crippen LogP contribution is -2.35. The number of likely N-dealkylation sites (tertiary alicyclic amines) is 1. The fourth-order valence-electron chi connectivity index (χ4n) is 3.90. The number of nitrogens with zero attached hydrogens (tertiary/aromatic N) is 2. The molecular formula is C15H21N3O2. The summed E-state index contributed by atoms with van der Waals surface area (Å²) < 4.78 is 0. The van der Waals surface area contributed by atoms with Crippen molar-refractivity contribution in [2.45, 2.75) is 25.9 Å². The lowest BCUT2D eigenvalue weighted by atomic mass is 9.95. The van der Waals surface area contributed by atoms with Crippen LogP contribution in [0.25, 0.3) is 0 Å². The van der Waals surface area contributed by atoms with E-state index in [0.717, 1.165) is 25.2 Å². The van der Waals surface area contributed by atoms with E-state index in [2.05, 4.69) is 24.1 Å². The first kappa shape index (κ1) is 13.5. The highest BCUT2D eigenvalue weighted by molar-refractivity contribution is 5.42. The van der Waals surface area contributed by atoms with Crippen LogP contribution in [-0.4, -0.2) is 35.5 Å². The van der Waals surface area contributed by atoms with E-state index >= 15 is 0 Å². The number of hydrogen-bond acceptors (Lipinski definition) is 4. The fraction of sp³-hybridized carbons (Fsp3) is 0.600. The van der Waals surface area contributed by atoms with Crippen LogP contribution in [0.5, 0.6) is 0 Å². The molecule has 108 valence electrons. The molecule has 3 rings (SSSR count). The first-order valence-corrected chi connectivity index (χ1v) is 7.29. The number of nitrogens with one attached hydrogen (secondary N) is 1. The highest BCUT2D eigenvalue weighted by atomic mass is 16.6. The second-order valence-corrected chi connectivity index (χ2v) is 6.01. The average molecular weight is 275 g/mol. The molecule has 2 saturated heterocycles. The summed E-state index contributed by atoms with van der Waals surface area (Å²) in [6, 6.07) is 7.70. The number of para-hydroxylation sites is 1. The largest absolute Gasteiger partial charge is 0.316 e. The minimum absolute atomic E-state index is 0.0946. The van der Waals surface area contributed by atoms with E-state index in [4.69, 9.17) is 0 Å². The topological polar surface area (TPSA) is 58.4 Å². The molecule has 20 heavy (non-hydrogen) atoms. The monoisotopic (exact) mass is 275 g/mol. The minimum Gasteiger partial charge on any atom is -0.316 e. The van der Waals surface area contributed by atoms with Gasteiger partial charge in [0.2, 0.25) is 0 Å². The Balaban J connectivity index is 1.86. The maximum absolute atomic E-state index is 11.2. The molecule has 2 aliphatic heterocycles. The Kier molecular flexibility index (Phi) is 3.48. The van der Waals surface area contributed by atoms with Gasteiger partial charge >= 0.3 is 0 Å². The van der Waals surface area contributed by atoms with Crippen molar-refractivity contribution in [2.75, 3.05) is 19.6 Å². The molecule has 5 heteroatoms. The van der Waals surface area contributed by atoms with Crippen molar-refractivity contribution in [3.63, 3.8) is 0 Å². The highest BCUT2D eigenvalue weighted by Gasteiger charge is 2.44. The number of nitro benzene ring substituents is 1. The van der Waals surface area contributed by atoms with Gasteiger partial charge < -0.3 is 5.32 Å². The molecule has 1 aromatic carbocycles. The van der Waals surface area contributed by atoms with Gasteiger partial charge in [-0.05, 0) is 38.8 Å². The van der Waals surface area contributed by atoms with E-state index in [-0.39, 0.29) is 16.7 Å². The molecule has 0 amide bonds. The van der Waals surface area contributed by atoms with Gasteiger partial charge in [-0.3, -0.25) is 15.0 Å². The minimum atomic E-state index is -0.269. The van der Waals surface area contributed by atoms with Crippen LogP contribution in [0.3, 0.4) is 0 Å². The lowest BCUT2D eigenvalue weighted by Gasteiger charge is -2.30. The van der Waals surface area contributed by atoms with Crippen LogP contribution in [0, 0.1) is 22.0 Å². The second kappa shape index (κ2) is 5.14. The van der Waals surface area contributed by atoms with E-state index in [1.807, 2.05) is 12.1 Å². The van der Waals surface area contributed by atoms with Crippen molar-refractivity contribution in [2.24, 2.45) is 11.8 Å². The number of hydrogen-bond donors (Lipinski definition) is 1. The van der Waals surface area contributed by atoms with Gasteiger partial charge in [0.25, 0.3) is 5.69 Å². The van der Waals surface area contributed by atoms with Gasteiger partial charge in [-0.15, -0.1) is 0 Å². The average Bonchev–Trinajstić information content (AvgIpc) is 3.01. The van der Waals surface area contributed by atoms with E-state index in [9.17, 15) is 10.1 Å². The Morgan fingerprint density at radius 3 is 2.85 bits per heavy atom. The Morgan fingerprint density at radius 1 is 1.40 bits per heavy atom. The third-order valence-electron chi connectivity index (χ3n) is 5.06. The normalized spacial score (nSPS) is 31.2. The third kappa shape index (κ3) is 2.11. The van der Waals surface area contributed by atoms with Crippen molar-refractivity contribution in [1.82, 2.24) is 10.2 Å². The lowest BCUT2D eigenvalue weighted by molar-refractivity contribution is -0.386. The molecule has 2 aliphatic rings. The summed E-state index contributed by atoms with van der Waals surface area (Å²) in [5.74, 6) is 1.37. The summed E-state index contributed by atoms with van der Waals surface area (Å²) in [4.78, 5) is 13.4. The van der Waals surface area contributed by atoms with Gasteiger partial charge in [-0.25, -0.2) is 0 Å². The molecule has 0 radical (unpaired) electrons. The quantitative estimate of drug-likeness (QED) is 0.678. The van der Waals surface area contributed by atoms with Gasteiger partial charge in [0, 0.05) is 30.3 Å². The summed E-state index contributed by atoms with van der Waals surface area (Å²) in [5, 5.41) is 14.6. The molecule has 4 atom stereocenters. The van der Waals surface area contributed by atoms with Gasteiger partial charge in [0.15, 0.2) is 0 Å². The number of rotatable bonds is 3. The zero-order valence-corrected chi connectivity index (χ0v) is 12.0. The molecule has 0 aromatic heterocycles. The van der Waals surface area contributed by atoms with Gasteiger partial charge in [0.1, 0.15) is 0 Å². The highest BCUT2D eigenvalue weighted by Crippen LogP contribution is 2.39. The summed E-state index contributed by atoms with van der Waals surface area (Å²) >= 11 is 0. The predicted molar refractivity (Wildman–Crippen MR) is 77.5 cm³/mol. The van der Waals surface area contributed by atoms with E-state index in [1.54, 1.807) is 12.1 Å². The van der Waals surface area contributed by atoms with Crippen molar-refractivity contribution in [3.8, 4) is 0 Å². The Bertz CT molecular complexity index is 520. The molecule has 1 aromatic rings. The van der Waals surface area contributed by atoms with Crippen LogP contribution in [-0.2, 0) is 0 Å². The molecule has 1 N–H and O–H groups in total. The van der Waals surface area contributed by atoms with Crippen molar-refractivity contribution in [1.29, 1.82) is 0 Å². The van der Waals surface area contributed by atoms with Crippen molar-refractivity contribution < 1.29 is 4.92 Å². The molecule has 4 unspecified atom stereocenters. The predicted octanol–water partition coefficient (Wildman–Crippen LogP) is 2.20. The van der Waals surface area contributed by atoms with Gasteiger partial charge in [-0.2, -0.15) is 0 Å². The molecule has 0 spiro atoms. The van der Waals surface area contributed by atoms with Crippen LogP contribution < -0.4 is 5.32 Å². The second-order valence-electron chi connectivity index (χ2n) is 6.01. The van der Waals surface area contributed by atoms with Crippen LogP contribution in [0.2, 0.25) is 0 Å². The molecule has 5 nitrogen and oxygen atoms in total.